The van der Waals surface area contributed by atoms with Crippen LogP contribution in [0.5, 0.6) is 0 Å². The molecule has 19 heavy (non-hydrogen) atoms. The van der Waals surface area contributed by atoms with Crippen molar-refractivity contribution in [3.63, 3.8) is 0 Å². The van der Waals surface area contributed by atoms with Gasteiger partial charge in [-0.2, -0.15) is 0 Å². The molecule has 0 fully saturated rings. The molecule has 0 spiro atoms. The van der Waals surface area contributed by atoms with Gasteiger partial charge in [0.15, 0.2) is 0 Å². The molecule has 1 N–H and O–H groups in total. The molecule has 1 aliphatic rings. The van der Waals surface area contributed by atoms with Crippen molar-refractivity contribution in [1.82, 2.24) is 14.4 Å². The molecule has 0 saturated carbocycles. The molecule has 2 heterocycles. The Labute approximate surface area is 113 Å². The topological polar surface area (TPSA) is 50.2 Å². The molecular formula is C13H11ClFN3O. The van der Waals surface area contributed by atoms with E-state index in [1.807, 2.05) is 0 Å². The van der Waals surface area contributed by atoms with Gasteiger partial charge in [0.2, 0.25) is 0 Å². The molecule has 0 radical (unpaired) electrons. The second-order valence-corrected chi connectivity index (χ2v) is 4.65. The fourth-order valence-electron chi connectivity index (χ4n) is 2.16. The quantitative estimate of drug-likeness (QED) is 0.860. The van der Waals surface area contributed by atoms with Crippen LogP contribution in [0.1, 0.15) is 24.4 Å². The Morgan fingerprint density at radius 1 is 1.42 bits per heavy atom. The van der Waals surface area contributed by atoms with Gasteiger partial charge in [-0.25, -0.2) is 9.37 Å². The summed E-state index contributed by atoms with van der Waals surface area (Å²) in [6.45, 7) is 0. The van der Waals surface area contributed by atoms with Crippen LogP contribution in [-0.4, -0.2) is 14.4 Å². The monoisotopic (exact) mass is 279 g/mol. The van der Waals surface area contributed by atoms with Gasteiger partial charge in [0, 0.05) is 18.3 Å². The largest absolute Gasteiger partial charge is 0.322 e. The highest BCUT2D eigenvalue weighted by atomic mass is 35.5. The minimum Gasteiger partial charge on any atom is -0.322 e. The molecule has 2 aromatic rings. The van der Waals surface area contributed by atoms with Gasteiger partial charge < -0.3 is 4.98 Å². The molecule has 1 aliphatic carbocycles. The number of rotatable bonds is 2. The van der Waals surface area contributed by atoms with Gasteiger partial charge >= 0.3 is 0 Å². The minimum absolute atomic E-state index is 0.135. The van der Waals surface area contributed by atoms with E-state index in [4.69, 9.17) is 11.6 Å². The summed E-state index contributed by atoms with van der Waals surface area (Å²) in [6.07, 6.45) is 7.35. The SMILES string of the molecule is O=c1[nH]c(CCl)cn2c(C3=CC=C(F)CC3)ncc12. The Balaban J connectivity index is 2.20. The van der Waals surface area contributed by atoms with Gasteiger partial charge in [0.1, 0.15) is 17.2 Å². The molecule has 0 bridgehead atoms. The Hall–Kier alpha value is -1.88. The summed E-state index contributed by atoms with van der Waals surface area (Å²) in [6, 6.07) is 0. The van der Waals surface area contributed by atoms with Gasteiger partial charge in [-0.3, -0.25) is 9.20 Å². The molecule has 98 valence electrons. The first-order valence-corrected chi connectivity index (χ1v) is 6.43. The van der Waals surface area contributed by atoms with Crippen LogP contribution in [0.4, 0.5) is 4.39 Å². The lowest BCUT2D eigenvalue weighted by Gasteiger charge is -2.09. The molecule has 4 nitrogen and oxygen atoms in total. The predicted octanol–water partition coefficient (Wildman–Crippen LogP) is 2.79. The summed E-state index contributed by atoms with van der Waals surface area (Å²) in [4.78, 5) is 18.8. The predicted molar refractivity (Wildman–Crippen MR) is 71.8 cm³/mol. The van der Waals surface area contributed by atoms with Gasteiger partial charge in [-0.05, 0) is 18.1 Å². The number of allylic oxidation sites excluding steroid dienone is 4. The van der Waals surface area contributed by atoms with Crippen LogP contribution in [-0.2, 0) is 5.88 Å². The maximum Gasteiger partial charge on any atom is 0.274 e. The summed E-state index contributed by atoms with van der Waals surface area (Å²) in [5.41, 5.74) is 1.76. The van der Waals surface area contributed by atoms with Gasteiger partial charge in [-0.15, -0.1) is 11.6 Å². The number of fused-ring (bicyclic) bond motifs is 1. The van der Waals surface area contributed by atoms with E-state index in [9.17, 15) is 9.18 Å². The number of hydrogen-bond acceptors (Lipinski definition) is 2. The third-order valence-electron chi connectivity index (χ3n) is 3.12. The number of alkyl halides is 1. The van der Waals surface area contributed by atoms with E-state index in [0.717, 1.165) is 5.57 Å². The van der Waals surface area contributed by atoms with Gasteiger partial charge in [-0.1, -0.05) is 6.08 Å². The van der Waals surface area contributed by atoms with Crippen molar-refractivity contribution < 1.29 is 4.39 Å². The lowest BCUT2D eigenvalue weighted by Crippen LogP contribution is -2.12. The van der Waals surface area contributed by atoms with E-state index in [1.165, 1.54) is 12.3 Å². The highest BCUT2D eigenvalue weighted by molar-refractivity contribution is 6.16. The summed E-state index contributed by atoms with van der Waals surface area (Å²) in [5, 5.41) is 0. The molecule has 6 heteroatoms. The average molecular weight is 280 g/mol. The van der Waals surface area contributed by atoms with Crippen LogP contribution in [0.15, 0.2) is 35.2 Å². The second-order valence-electron chi connectivity index (χ2n) is 4.38. The van der Waals surface area contributed by atoms with Crippen molar-refractivity contribution in [2.75, 3.05) is 0 Å². The summed E-state index contributed by atoms with van der Waals surface area (Å²) >= 11 is 5.75. The van der Waals surface area contributed by atoms with Crippen molar-refractivity contribution in [3.8, 4) is 0 Å². The highest BCUT2D eigenvalue weighted by Crippen LogP contribution is 2.26. The molecule has 0 aromatic carbocycles. The zero-order valence-corrected chi connectivity index (χ0v) is 10.7. The van der Waals surface area contributed by atoms with Crippen LogP contribution < -0.4 is 5.56 Å². The maximum absolute atomic E-state index is 13.0. The van der Waals surface area contributed by atoms with Crippen molar-refractivity contribution in [1.29, 1.82) is 0 Å². The van der Waals surface area contributed by atoms with Gasteiger partial charge in [0.05, 0.1) is 12.1 Å². The highest BCUT2D eigenvalue weighted by Gasteiger charge is 2.14. The number of imidazole rings is 1. The van der Waals surface area contributed by atoms with E-state index in [1.54, 1.807) is 16.7 Å². The lowest BCUT2D eigenvalue weighted by atomic mass is 10.0. The first-order chi connectivity index (χ1) is 9.19. The number of hydrogen-bond donors (Lipinski definition) is 1. The fraction of sp³-hybridized carbons (Fsp3) is 0.231. The maximum atomic E-state index is 13.0. The number of H-pyrrole nitrogens is 1. The fourth-order valence-corrected chi connectivity index (χ4v) is 2.30. The normalized spacial score (nSPS) is 15.5. The molecule has 2 aromatic heterocycles. The minimum atomic E-state index is -0.227. The summed E-state index contributed by atoms with van der Waals surface area (Å²) in [7, 11) is 0. The zero-order chi connectivity index (χ0) is 13.4. The molecule has 0 aliphatic heterocycles. The number of nitrogens with zero attached hydrogens (tertiary/aromatic N) is 2. The van der Waals surface area contributed by atoms with Gasteiger partial charge in [0.25, 0.3) is 5.56 Å². The van der Waals surface area contributed by atoms with Crippen LogP contribution in [0.2, 0.25) is 0 Å². The first kappa shape index (κ1) is 12.2. The third-order valence-corrected chi connectivity index (χ3v) is 3.41. The van der Waals surface area contributed by atoms with Crippen LogP contribution >= 0.6 is 11.6 Å². The third kappa shape index (κ3) is 2.10. The molecule has 0 amide bonds. The summed E-state index contributed by atoms with van der Waals surface area (Å²) in [5.74, 6) is 0.747. The standard InChI is InChI=1S/C13H11ClFN3O/c14-5-10-7-18-11(13(19)17-10)6-16-12(18)8-1-3-9(15)4-2-8/h1,3,6-7H,2,4-5H2,(H,17,19). The molecular weight excluding hydrogens is 269 g/mol. The smallest absolute Gasteiger partial charge is 0.274 e. The van der Waals surface area contributed by atoms with Crippen molar-refractivity contribution in [2.45, 2.75) is 18.7 Å². The van der Waals surface area contributed by atoms with E-state index in [0.29, 0.717) is 29.9 Å². The number of aromatic amines is 1. The van der Waals surface area contributed by atoms with Crippen molar-refractivity contribution in [2.24, 2.45) is 0 Å². The number of halogens is 2. The molecule has 0 atom stereocenters. The number of aromatic nitrogens is 3. The van der Waals surface area contributed by atoms with Crippen molar-refractivity contribution >= 4 is 22.7 Å². The van der Waals surface area contributed by atoms with E-state index in [2.05, 4.69) is 9.97 Å². The Bertz CT molecular complexity index is 757. The van der Waals surface area contributed by atoms with E-state index < -0.39 is 0 Å². The van der Waals surface area contributed by atoms with Crippen LogP contribution in [0.3, 0.4) is 0 Å². The Morgan fingerprint density at radius 2 is 2.26 bits per heavy atom. The zero-order valence-electron chi connectivity index (χ0n) is 9.99. The second kappa shape index (κ2) is 4.66. The van der Waals surface area contributed by atoms with E-state index >= 15 is 0 Å². The van der Waals surface area contributed by atoms with Crippen LogP contribution in [0, 0.1) is 0 Å². The van der Waals surface area contributed by atoms with E-state index in [-0.39, 0.29) is 17.3 Å². The molecule has 0 unspecified atom stereocenters. The average Bonchev–Trinajstić information content (AvgIpc) is 2.84. The Morgan fingerprint density at radius 3 is 2.95 bits per heavy atom. The summed E-state index contributed by atoms with van der Waals surface area (Å²) < 4.78 is 14.7. The van der Waals surface area contributed by atoms with Crippen LogP contribution in [0.25, 0.3) is 11.1 Å². The first-order valence-electron chi connectivity index (χ1n) is 5.90. The molecule has 3 rings (SSSR count). The number of nitrogens with one attached hydrogen (secondary N) is 1. The molecule has 0 saturated heterocycles. The lowest BCUT2D eigenvalue weighted by molar-refractivity contribution is 0.589. The Kier molecular flexibility index (Phi) is 2.98. The van der Waals surface area contributed by atoms with Crippen molar-refractivity contribution in [3.05, 3.63) is 52.2 Å².